The minimum Gasteiger partial charge on any atom is -0.465 e. The molecule has 0 saturated heterocycles. The van der Waals surface area contributed by atoms with Crippen LogP contribution in [0.3, 0.4) is 0 Å². The molecule has 0 aliphatic heterocycles. The van der Waals surface area contributed by atoms with Crippen LogP contribution in [0, 0.1) is 0 Å². The third-order valence-electron chi connectivity index (χ3n) is 1.03. The van der Waals surface area contributed by atoms with Gasteiger partial charge in [0.2, 0.25) is 0 Å². The van der Waals surface area contributed by atoms with Gasteiger partial charge in [0, 0.05) is 5.38 Å². The van der Waals surface area contributed by atoms with Crippen molar-refractivity contribution in [1.29, 1.82) is 0 Å². The Bertz CT molecular complexity index is 132. The van der Waals surface area contributed by atoms with E-state index in [2.05, 4.69) is 6.58 Å². The highest BCUT2D eigenvalue weighted by molar-refractivity contribution is 6.21. The second kappa shape index (κ2) is 6.23. The molecule has 0 aliphatic carbocycles. The molecule has 0 aromatic heterocycles. The molecule has 0 aromatic rings. The first-order valence-electron chi connectivity index (χ1n) is 3.57. The first-order chi connectivity index (χ1) is 5.16. The summed E-state index contributed by atoms with van der Waals surface area (Å²) in [6.07, 6.45) is 2.68. The van der Waals surface area contributed by atoms with Gasteiger partial charge in [-0.05, 0) is 13.3 Å². The van der Waals surface area contributed by atoms with Crippen molar-refractivity contribution in [3.05, 3.63) is 12.7 Å². The van der Waals surface area contributed by atoms with Crippen molar-refractivity contribution in [2.24, 2.45) is 0 Å². The van der Waals surface area contributed by atoms with Crippen molar-refractivity contribution in [2.45, 2.75) is 25.1 Å². The van der Waals surface area contributed by atoms with Crippen LogP contribution in [0.2, 0.25) is 0 Å². The lowest BCUT2D eigenvalue weighted by Crippen LogP contribution is -2.09. The van der Waals surface area contributed by atoms with E-state index in [0.717, 1.165) is 0 Å². The molecule has 0 aliphatic rings. The third kappa shape index (κ3) is 7.40. The number of halogens is 1. The highest BCUT2D eigenvalue weighted by Crippen LogP contribution is 2.01. The van der Waals surface area contributed by atoms with Gasteiger partial charge in [0.05, 0.1) is 13.0 Å². The summed E-state index contributed by atoms with van der Waals surface area (Å²) >= 11 is 5.56. The summed E-state index contributed by atoms with van der Waals surface area (Å²) in [6, 6.07) is 0. The number of esters is 1. The topological polar surface area (TPSA) is 26.3 Å². The molecule has 1 unspecified atom stereocenters. The lowest BCUT2D eigenvalue weighted by molar-refractivity contribution is -0.143. The molecule has 3 heteroatoms. The molecule has 11 heavy (non-hydrogen) atoms. The van der Waals surface area contributed by atoms with E-state index >= 15 is 0 Å². The standard InChI is InChI=1S/C8H13ClO2/c1-3-4-5-11-8(10)6-7(2)9/h3,7H,1,4-6H2,2H3. The predicted molar refractivity (Wildman–Crippen MR) is 45.7 cm³/mol. The average Bonchev–Trinajstić information content (AvgIpc) is 1.86. The molecule has 0 bridgehead atoms. The first kappa shape index (κ1) is 10.5. The lowest BCUT2D eigenvalue weighted by atomic mass is 10.3. The number of ether oxygens (including phenoxy) is 1. The number of carbonyl (C=O) groups excluding carboxylic acids is 1. The van der Waals surface area contributed by atoms with E-state index in [1.54, 1.807) is 13.0 Å². The third-order valence-corrected chi connectivity index (χ3v) is 1.19. The Morgan fingerprint density at radius 2 is 2.45 bits per heavy atom. The molecule has 2 nitrogen and oxygen atoms in total. The Labute approximate surface area is 72.2 Å². The fourth-order valence-electron chi connectivity index (χ4n) is 0.545. The molecule has 0 heterocycles. The Hall–Kier alpha value is -0.500. The van der Waals surface area contributed by atoms with Crippen molar-refractivity contribution >= 4 is 17.6 Å². The first-order valence-corrected chi connectivity index (χ1v) is 4.01. The maximum Gasteiger partial charge on any atom is 0.307 e. The summed E-state index contributed by atoms with van der Waals surface area (Å²) in [6.45, 7) is 5.67. The van der Waals surface area contributed by atoms with Crippen LogP contribution < -0.4 is 0 Å². The quantitative estimate of drug-likeness (QED) is 0.278. The monoisotopic (exact) mass is 176 g/mol. The maximum atomic E-state index is 10.8. The highest BCUT2D eigenvalue weighted by Gasteiger charge is 2.05. The van der Waals surface area contributed by atoms with Crippen LogP contribution in [-0.4, -0.2) is 18.0 Å². The van der Waals surface area contributed by atoms with Crippen LogP contribution in [-0.2, 0) is 9.53 Å². The molecule has 0 radical (unpaired) electrons. The van der Waals surface area contributed by atoms with Crippen LogP contribution in [0.15, 0.2) is 12.7 Å². The van der Waals surface area contributed by atoms with Gasteiger partial charge in [-0.3, -0.25) is 4.79 Å². The summed E-state index contributed by atoms with van der Waals surface area (Å²) in [5.41, 5.74) is 0. The summed E-state index contributed by atoms with van der Waals surface area (Å²) in [5, 5.41) is -0.147. The Kier molecular flexibility index (Phi) is 5.94. The van der Waals surface area contributed by atoms with E-state index < -0.39 is 0 Å². The zero-order valence-electron chi connectivity index (χ0n) is 6.68. The molecule has 64 valence electrons. The average molecular weight is 177 g/mol. The minimum absolute atomic E-state index is 0.147. The lowest BCUT2D eigenvalue weighted by Gasteiger charge is -2.03. The van der Waals surface area contributed by atoms with Gasteiger partial charge in [0.1, 0.15) is 0 Å². The zero-order valence-corrected chi connectivity index (χ0v) is 7.43. The number of rotatable bonds is 5. The maximum absolute atomic E-state index is 10.8. The summed E-state index contributed by atoms with van der Waals surface area (Å²) in [4.78, 5) is 10.8. The SMILES string of the molecule is C=CCCOC(=O)CC(C)Cl. The number of carbonyl (C=O) groups is 1. The van der Waals surface area contributed by atoms with Crippen molar-refractivity contribution in [2.75, 3.05) is 6.61 Å². The summed E-state index contributed by atoms with van der Waals surface area (Å²) in [7, 11) is 0. The number of hydrogen-bond acceptors (Lipinski definition) is 2. The number of hydrogen-bond donors (Lipinski definition) is 0. The fraction of sp³-hybridized carbons (Fsp3) is 0.625. The predicted octanol–water partition coefficient (Wildman–Crippen LogP) is 2.12. The van der Waals surface area contributed by atoms with E-state index in [-0.39, 0.29) is 17.8 Å². The summed E-state index contributed by atoms with van der Waals surface area (Å²) < 4.78 is 4.80. The van der Waals surface area contributed by atoms with Gasteiger partial charge in [-0.15, -0.1) is 18.2 Å². The van der Waals surface area contributed by atoms with Crippen molar-refractivity contribution in [3.8, 4) is 0 Å². The van der Waals surface area contributed by atoms with Gasteiger partial charge >= 0.3 is 5.97 Å². The molecule has 0 fully saturated rings. The largest absolute Gasteiger partial charge is 0.465 e. The molecule has 0 aromatic carbocycles. The smallest absolute Gasteiger partial charge is 0.307 e. The van der Waals surface area contributed by atoms with E-state index in [0.29, 0.717) is 13.0 Å². The zero-order chi connectivity index (χ0) is 8.69. The summed E-state index contributed by atoms with van der Waals surface area (Å²) in [5.74, 6) is -0.241. The van der Waals surface area contributed by atoms with E-state index in [1.165, 1.54) is 0 Å². The van der Waals surface area contributed by atoms with Crippen molar-refractivity contribution in [3.63, 3.8) is 0 Å². The Balaban J connectivity index is 3.30. The second-order valence-corrected chi connectivity index (χ2v) is 3.03. The van der Waals surface area contributed by atoms with Gasteiger partial charge in [-0.1, -0.05) is 6.08 Å². The van der Waals surface area contributed by atoms with Crippen LogP contribution in [0.25, 0.3) is 0 Å². The van der Waals surface area contributed by atoms with Crippen LogP contribution >= 0.6 is 11.6 Å². The molecule has 0 N–H and O–H groups in total. The normalized spacial score (nSPS) is 12.2. The van der Waals surface area contributed by atoms with Crippen LogP contribution in [0.5, 0.6) is 0 Å². The van der Waals surface area contributed by atoms with E-state index in [9.17, 15) is 4.79 Å². The van der Waals surface area contributed by atoms with Gasteiger partial charge in [-0.25, -0.2) is 0 Å². The van der Waals surface area contributed by atoms with Crippen molar-refractivity contribution < 1.29 is 9.53 Å². The second-order valence-electron chi connectivity index (χ2n) is 2.28. The Morgan fingerprint density at radius 1 is 1.82 bits per heavy atom. The van der Waals surface area contributed by atoms with Crippen LogP contribution in [0.1, 0.15) is 19.8 Å². The molecule has 1 atom stereocenters. The van der Waals surface area contributed by atoms with Crippen LogP contribution in [0.4, 0.5) is 0 Å². The van der Waals surface area contributed by atoms with E-state index in [1.807, 2.05) is 0 Å². The Morgan fingerprint density at radius 3 is 2.91 bits per heavy atom. The minimum atomic E-state index is -0.241. The molecular formula is C8H13ClO2. The van der Waals surface area contributed by atoms with Gasteiger partial charge in [-0.2, -0.15) is 0 Å². The molecule has 0 amide bonds. The molecule has 0 saturated carbocycles. The van der Waals surface area contributed by atoms with E-state index in [4.69, 9.17) is 16.3 Å². The molecule has 0 spiro atoms. The fourth-order valence-corrected chi connectivity index (χ4v) is 0.671. The molecular weight excluding hydrogens is 164 g/mol. The molecule has 0 rings (SSSR count). The van der Waals surface area contributed by atoms with Crippen molar-refractivity contribution in [1.82, 2.24) is 0 Å². The number of alkyl halides is 1. The van der Waals surface area contributed by atoms with Gasteiger partial charge in [0.25, 0.3) is 0 Å². The highest BCUT2D eigenvalue weighted by atomic mass is 35.5. The van der Waals surface area contributed by atoms with Gasteiger partial charge in [0.15, 0.2) is 0 Å². The van der Waals surface area contributed by atoms with Gasteiger partial charge < -0.3 is 4.74 Å².